The Morgan fingerprint density at radius 2 is 1.87 bits per heavy atom. The first kappa shape index (κ1) is 17.7. The summed E-state index contributed by atoms with van der Waals surface area (Å²) in [6, 6.07) is 4.16. The minimum Gasteiger partial charge on any atom is -0.479 e. The quantitative estimate of drug-likeness (QED) is 0.882. The van der Waals surface area contributed by atoms with Gasteiger partial charge in [0.25, 0.3) is 0 Å². The van der Waals surface area contributed by atoms with Crippen molar-refractivity contribution in [1.82, 2.24) is 4.90 Å². The van der Waals surface area contributed by atoms with Crippen LogP contribution in [0.1, 0.15) is 32.3 Å². The number of carbonyl (C=O) groups is 2. The van der Waals surface area contributed by atoms with Gasteiger partial charge in [-0.3, -0.25) is 4.79 Å². The third-order valence-corrected chi connectivity index (χ3v) is 4.65. The largest absolute Gasteiger partial charge is 0.479 e. The first-order chi connectivity index (χ1) is 10.6. The minimum atomic E-state index is -1.80. The van der Waals surface area contributed by atoms with E-state index >= 15 is 0 Å². The Morgan fingerprint density at radius 3 is 2.35 bits per heavy atom. The van der Waals surface area contributed by atoms with Gasteiger partial charge in [-0.05, 0) is 26.0 Å². The van der Waals surface area contributed by atoms with Gasteiger partial charge in [0.15, 0.2) is 5.60 Å². The SMILES string of the molecule is CC(C)(C(=O)N1CCC(O)(C(=O)O)CC1)c1ccc(Cl)cc1F. The van der Waals surface area contributed by atoms with Crippen molar-refractivity contribution in [3.8, 4) is 0 Å². The van der Waals surface area contributed by atoms with Gasteiger partial charge in [-0.15, -0.1) is 0 Å². The number of benzene rings is 1. The zero-order chi connectivity index (χ0) is 17.4. The second-order valence-corrected chi connectivity index (χ2v) is 6.81. The average molecular weight is 344 g/mol. The summed E-state index contributed by atoms with van der Waals surface area (Å²) in [6.45, 7) is 3.44. The van der Waals surface area contributed by atoms with E-state index in [2.05, 4.69) is 0 Å². The summed E-state index contributed by atoms with van der Waals surface area (Å²) in [5.41, 5.74) is -2.69. The molecule has 1 amide bonds. The van der Waals surface area contributed by atoms with Gasteiger partial charge in [-0.1, -0.05) is 17.7 Å². The molecule has 0 aliphatic carbocycles. The fourth-order valence-electron chi connectivity index (χ4n) is 2.80. The molecule has 0 radical (unpaired) electrons. The molecule has 5 nitrogen and oxygen atoms in total. The molecule has 126 valence electrons. The lowest BCUT2D eigenvalue weighted by atomic mass is 9.81. The summed E-state index contributed by atoms with van der Waals surface area (Å²) in [7, 11) is 0. The van der Waals surface area contributed by atoms with Gasteiger partial charge in [0.2, 0.25) is 5.91 Å². The molecule has 0 saturated carbocycles. The summed E-state index contributed by atoms with van der Waals surface area (Å²) < 4.78 is 14.1. The Balaban J connectivity index is 2.18. The Labute approximate surface area is 138 Å². The summed E-state index contributed by atoms with van der Waals surface area (Å²) in [4.78, 5) is 25.2. The Bertz CT molecular complexity index is 639. The number of rotatable bonds is 3. The first-order valence-electron chi connectivity index (χ1n) is 7.28. The molecule has 0 unspecified atom stereocenters. The maximum atomic E-state index is 14.1. The molecule has 2 rings (SSSR count). The molecule has 0 aromatic heterocycles. The Morgan fingerprint density at radius 1 is 1.30 bits per heavy atom. The molecular formula is C16H19ClFNO4. The smallest absolute Gasteiger partial charge is 0.335 e. The second-order valence-electron chi connectivity index (χ2n) is 6.38. The van der Waals surface area contributed by atoms with Crippen LogP contribution in [0.5, 0.6) is 0 Å². The predicted molar refractivity (Wildman–Crippen MR) is 82.8 cm³/mol. The third-order valence-electron chi connectivity index (χ3n) is 4.42. The van der Waals surface area contributed by atoms with Crippen LogP contribution in [0.4, 0.5) is 4.39 Å². The van der Waals surface area contributed by atoms with Gasteiger partial charge in [0, 0.05) is 36.5 Å². The highest BCUT2D eigenvalue weighted by Crippen LogP contribution is 2.32. The zero-order valence-corrected chi connectivity index (χ0v) is 13.7. The van der Waals surface area contributed by atoms with E-state index in [1.165, 1.54) is 17.0 Å². The maximum absolute atomic E-state index is 14.1. The van der Waals surface area contributed by atoms with Crippen LogP contribution in [0, 0.1) is 5.82 Å². The molecule has 0 atom stereocenters. The lowest BCUT2D eigenvalue weighted by Crippen LogP contribution is -2.54. The number of halogens is 2. The monoisotopic (exact) mass is 343 g/mol. The summed E-state index contributed by atoms with van der Waals surface area (Å²) in [5, 5.41) is 19.2. The highest BCUT2D eigenvalue weighted by Gasteiger charge is 2.43. The molecule has 1 saturated heterocycles. The van der Waals surface area contributed by atoms with Crippen molar-refractivity contribution in [2.75, 3.05) is 13.1 Å². The lowest BCUT2D eigenvalue weighted by Gasteiger charge is -2.39. The number of carbonyl (C=O) groups excluding carboxylic acids is 1. The molecule has 23 heavy (non-hydrogen) atoms. The average Bonchev–Trinajstić information content (AvgIpc) is 2.46. The number of piperidine rings is 1. The van der Waals surface area contributed by atoms with Crippen LogP contribution in [0.15, 0.2) is 18.2 Å². The number of hydrogen-bond acceptors (Lipinski definition) is 3. The van der Waals surface area contributed by atoms with Crippen LogP contribution in [0.3, 0.4) is 0 Å². The number of hydrogen-bond donors (Lipinski definition) is 2. The number of aliphatic hydroxyl groups is 1. The molecule has 1 fully saturated rings. The fourth-order valence-corrected chi connectivity index (χ4v) is 2.96. The maximum Gasteiger partial charge on any atom is 0.335 e. The molecule has 0 bridgehead atoms. The van der Waals surface area contributed by atoms with Crippen LogP contribution >= 0.6 is 11.6 Å². The fraction of sp³-hybridized carbons (Fsp3) is 0.500. The predicted octanol–water partition coefficient (Wildman–Crippen LogP) is 2.19. The van der Waals surface area contributed by atoms with Crippen molar-refractivity contribution in [2.45, 2.75) is 37.7 Å². The van der Waals surface area contributed by atoms with Crippen molar-refractivity contribution in [3.05, 3.63) is 34.6 Å². The molecule has 2 N–H and O–H groups in total. The number of likely N-dealkylation sites (tertiary alicyclic amines) is 1. The molecule has 1 heterocycles. The van der Waals surface area contributed by atoms with Crippen molar-refractivity contribution in [3.63, 3.8) is 0 Å². The molecule has 1 aromatic rings. The standard InChI is InChI=1S/C16H19ClFNO4/c1-15(2,11-4-3-10(17)9-12(11)18)13(20)19-7-5-16(23,6-8-19)14(21)22/h3-4,9,23H,5-8H2,1-2H3,(H,21,22). The molecule has 7 heteroatoms. The van der Waals surface area contributed by atoms with E-state index in [9.17, 15) is 19.1 Å². The van der Waals surface area contributed by atoms with E-state index in [4.69, 9.17) is 16.7 Å². The van der Waals surface area contributed by atoms with Gasteiger partial charge in [0.05, 0.1) is 5.41 Å². The Kier molecular flexibility index (Phi) is 4.69. The van der Waals surface area contributed by atoms with Crippen LogP contribution in [0.2, 0.25) is 5.02 Å². The highest BCUT2D eigenvalue weighted by atomic mass is 35.5. The number of amides is 1. The van der Waals surface area contributed by atoms with Gasteiger partial charge < -0.3 is 15.1 Å². The van der Waals surface area contributed by atoms with Crippen LogP contribution < -0.4 is 0 Å². The van der Waals surface area contributed by atoms with Crippen LogP contribution in [0.25, 0.3) is 0 Å². The minimum absolute atomic E-state index is 0.0484. The van der Waals surface area contributed by atoms with Gasteiger partial charge in [-0.2, -0.15) is 0 Å². The van der Waals surface area contributed by atoms with E-state index in [1.807, 2.05) is 0 Å². The summed E-state index contributed by atoms with van der Waals surface area (Å²) >= 11 is 5.74. The molecule has 1 aliphatic rings. The number of nitrogens with zero attached hydrogens (tertiary/aromatic N) is 1. The van der Waals surface area contributed by atoms with Crippen molar-refractivity contribution < 1.29 is 24.2 Å². The summed E-state index contributed by atoms with van der Waals surface area (Å²) in [5.74, 6) is -2.16. The van der Waals surface area contributed by atoms with E-state index in [1.54, 1.807) is 13.8 Å². The molecule has 0 spiro atoms. The van der Waals surface area contributed by atoms with Crippen LogP contribution in [-0.4, -0.2) is 45.7 Å². The topological polar surface area (TPSA) is 77.8 Å². The van der Waals surface area contributed by atoms with Crippen molar-refractivity contribution in [1.29, 1.82) is 0 Å². The van der Waals surface area contributed by atoms with Crippen molar-refractivity contribution in [2.24, 2.45) is 0 Å². The third kappa shape index (κ3) is 3.33. The lowest BCUT2D eigenvalue weighted by molar-refractivity contribution is -0.166. The number of aliphatic carboxylic acids is 1. The number of carboxylic acid groups (broad SMARTS) is 1. The molecular weight excluding hydrogens is 325 g/mol. The molecule has 1 aliphatic heterocycles. The van der Waals surface area contributed by atoms with Gasteiger partial charge >= 0.3 is 5.97 Å². The molecule has 1 aromatic carbocycles. The summed E-state index contributed by atoms with van der Waals surface area (Å²) in [6.07, 6.45) is -0.0967. The van der Waals surface area contributed by atoms with E-state index < -0.39 is 22.8 Å². The van der Waals surface area contributed by atoms with E-state index in [0.29, 0.717) is 0 Å². The first-order valence-corrected chi connectivity index (χ1v) is 7.66. The zero-order valence-electron chi connectivity index (χ0n) is 13.0. The van der Waals surface area contributed by atoms with E-state index in [0.717, 1.165) is 6.07 Å². The second kappa shape index (κ2) is 6.09. The number of carboxylic acids is 1. The van der Waals surface area contributed by atoms with Gasteiger partial charge in [-0.25, -0.2) is 9.18 Å². The Hall–Kier alpha value is -1.66. The van der Waals surface area contributed by atoms with E-state index in [-0.39, 0.29) is 42.4 Å². The van der Waals surface area contributed by atoms with Crippen LogP contribution in [-0.2, 0) is 15.0 Å². The van der Waals surface area contributed by atoms with Crippen molar-refractivity contribution >= 4 is 23.5 Å². The highest BCUT2D eigenvalue weighted by molar-refractivity contribution is 6.30. The normalized spacial score (nSPS) is 17.9. The van der Waals surface area contributed by atoms with Gasteiger partial charge in [0.1, 0.15) is 5.82 Å².